The van der Waals surface area contributed by atoms with Crippen LogP contribution in [0.1, 0.15) is 46.0 Å². The summed E-state index contributed by atoms with van der Waals surface area (Å²) in [4.78, 5) is 5.43. The minimum atomic E-state index is 0.856. The van der Waals surface area contributed by atoms with E-state index in [1.807, 2.05) is 0 Å². The molecule has 94 valence electrons. The third-order valence-electron chi connectivity index (χ3n) is 4.18. The molecule has 0 bridgehead atoms. The predicted octanol–water partition coefficient (Wildman–Crippen LogP) is 2.59. The molecule has 0 amide bonds. The molecule has 2 saturated heterocycles. The first-order valence-electron chi connectivity index (χ1n) is 7.22. The summed E-state index contributed by atoms with van der Waals surface area (Å²) in [5.74, 6) is 0.856. The second-order valence-corrected chi connectivity index (χ2v) is 6.02. The lowest BCUT2D eigenvalue weighted by atomic mass is 10.1. The predicted molar refractivity (Wildman–Crippen MR) is 69.7 cm³/mol. The van der Waals surface area contributed by atoms with Gasteiger partial charge in [0.05, 0.1) is 0 Å². The zero-order chi connectivity index (χ0) is 11.4. The molecule has 0 radical (unpaired) electrons. The minimum Gasteiger partial charge on any atom is -0.302 e. The van der Waals surface area contributed by atoms with Crippen LogP contribution in [0.3, 0.4) is 0 Å². The molecule has 1 unspecified atom stereocenters. The average Bonchev–Trinajstić information content (AvgIpc) is 2.76. The normalized spacial score (nSPS) is 29.1. The lowest BCUT2D eigenvalue weighted by Gasteiger charge is -2.32. The maximum Gasteiger partial charge on any atom is 0.0235 e. The molecule has 2 aliphatic heterocycles. The van der Waals surface area contributed by atoms with Gasteiger partial charge in [-0.1, -0.05) is 20.3 Å². The number of hydrogen-bond acceptors (Lipinski definition) is 2. The monoisotopic (exact) mass is 224 g/mol. The standard InChI is InChI=1S/C14H28N2/c1-13(2)6-10-15-11-7-14(12-15)16-8-4-3-5-9-16/h13-14H,3-12H2,1-2H3. The van der Waals surface area contributed by atoms with Gasteiger partial charge in [-0.05, 0) is 57.8 Å². The van der Waals surface area contributed by atoms with E-state index in [1.165, 1.54) is 64.8 Å². The van der Waals surface area contributed by atoms with E-state index in [-0.39, 0.29) is 0 Å². The molecule has 1 atom stereocenters. The Morgan fingerprint density at radius 1 is 1.06 bits per heavy atom. The molecule has 0 spiro atoms. The van der Waals surface area contributed by atoms with Gasteiger partial charge in [0.25, 0.3) is 0 Å². The highest BCUT2D eigenvalue weighted by Crippen LogP contribution is 2.20. The summed E-state index contributed by atoms with van der Waals surface area (Å²) in [6.07, 6.45) is 7.11. The maximum atomic E-state index is 2.75. The van der Waals surface area contributed by atoms with Gasteiger partial charge in [-0.3, -0.25) is 4.90 Å². The van der Waals surface area contributed by atoms with Crippen molar-refractivity contribution < 1.29 is 0 Å². The van der Waals surface area contributed by atoms with Gasteiger partial charge in [-0.25, -0.2) is 0 Å². The lowest BCUT2D eigenvalue weighted by Crippen LogP contribution is -2.41. The molecule has 0 N–H and O–H groups in total. The smallest absolute Gasteiger partial charge is 0.0235 e. The topological polar surface area (TPSA) is 6.48 Å². The van der Waals surface area contributed by atoms with E-state index < -0.39 is 0 Å². The molecule has 0 aromatic heterocycles. The summed E-state index contributed by atoms with van der Waals surface area (Å²) < 4.78 is 0. The van der Waals surface area contributed by atoms with E-state index in [9.17, 15) is 0 Å². The first-order chi connectivity index (χ1) is 7.75. The molecular formula is C14H28N2. The van der Waals surface area contributed by atoms with Crippen LogP contribution in [0.4, 0.5) is 0 Å². The summed E-state index contributed by atoms with van der Waals surface area (Å²) in [5, 5.41) is 0. The van der Waals surface area contributed by atoms with Crippen molar-refractivity contribution in [3.05, 3.63) is 0 Å². The number of rotatable bonds is 4. The van der Waals surface area contributed by atoms with Gasteiger partial charge in [0.1, 0.15) is 0 Å². The van der Waals surface area contributed by atoms with E-state index in [0.29, 0.717) is 0 Å². The molecule has 2 rings (SSSR count). The molecule has 16 heavy (non-hydrogen) atoms. The van der Waals surface area contributed by atoms with Gasteiger partial charge >= 0.3 is 0 Å². The molecule has 0 aromatic rings. The van der Waals surface area contributed by atoms with Crippen molar-refractivity contribution in [1.82, 2.24) is 9.80 Å². The maximum absolute atomic E-state index is 2.75. The SMILES string of the molecule is CC(C)CCN1CCC(N2CCCCC2)C1. The van der Waals surface area contributed by atoms with Crippen LogP contribution >= 0.6 is 0 Å². The van der Waals surface area contributed by atoms with Crippen LogP contribution in [0.15, 0.2) is 0 Å². The summed E-state index contributed by atoms with van der Waals surface area (Å²) in [5.41, 5.74) is 0. The highest BCUT2D eigenvalue weighted by Gasteiger charge is 2.27. The van der Waals surface area contributed by atoms with Crippen LogP contribution in [0, 0.1) is 5.92 Å². The first kappa shape index (κ1) is 12.4. The largest absolute Gasteiger partial charge is 0.302 e. The second kappa shape index (κ2) is 6.02. The molecule has 2 heterocycles. The summed E-state index contributed by atoms with van der Waals surface area (Å²) >= 11 is 0. The second-order valence-electron chi connectivity index (χ2n) is 6.02. The number of piperidine rings is 1. The van der Waals surface area contributed by atoms with E-state index in [1.54, 1.807) is 0 Å². The van der Waals surface area contributed by atoms with E-state index in [2.05, 4.69) is 23.6 Å². The molecular weight excluding hydrogens is 196 g/mol. The fraction of sp³-hybridized carbons (Fsp3) is 1.00. The third kappa shape index (κ3) is 3.46. The Hall–Kier alpha value is -0.0800. The highest BCUT2D eigenvalue weighted by atomic mass is 15.3. The van der Waals surface area contributed by atoms with Gasteiger partial charge < -0.3 is 4.90 Å². The molecule has 2 nitrogen and oxygen atoms in total. The Kier molecular flexibility index (Phi) is 4.66. The Morgan fingerprint density at radius 3 is 2.50 bits per heavy atom. The highest BCUT2D eigenvalue weighted by molar-refractivity contribution is 4.84. The van der Waals surface area contributed by atoms with Crippen LogP contribution in [0.25, 0.3) is 0 Å². The quantitative estimate of drug-likeness (QED) is 0.724. The van der Waals surface area contributed by atoms with Crippen molar-refractivity contribution in [3.8, 4) is 0 Å². The van der Waals surface area contributed by atoms with Gasteiger partial charge in [0.15, 0.2) is 0 Å². The van der Waals surface area contributed by atoms with Crippen LogP contribution in [-0.4, -0.2) is 48.6 Å². The zero-order valence-electron chi connectivity index (χ0n) is 11.1. The molecule has 0 aliphatic carbocycles. The van der Waals surface area contributed by atoms with Gasteiger partial charge in [0.2, 0.25) is 0 Å². The van der Waals surface area contributed by atoms with Crippen molar-refractivity contribution in [2.24, 2.45) is 5.92 Å². The van der Waals surface area contributed by atoms with Crippen LogP contribution in [0.5, 0.6) is 0 Å². The van der Waals surface area contributed by atoms with Gasteiger partial charge in [0, 0.05) is 12.6 Å². The van der Waals surface area contributed by atoms with Crippen molar-refractivity contribution in [2.45, 2.75) is 52.0 Å². The fourth-order valence-electron chi connectivity index (χ4n) is 3.04. The Bertz CT molecular complexity index is 197. The minimum absolute atomic E-state index is 0.856. The molecule has 2 aliphatic rings. The average molecular weight is 224 g/mol. The molecule has 0 saturated carbocycles. The van der Waals surface area contributed by atoms with E-state index in [4.69, 9.17) is 0 Å². The van der Waals surface area contributed by atoms with Gasteiger partial charge in [-0.15, -0.1) is 0 Å². The van der Waals surface area contributed by atoms with Crippen LogP contribution in [-0.2, 0) is 0 Å². The molecule has 0 aromatic carbocycles. The number of nitrogens with zero attached hydrogens (tertiary/aromatic N) is 2. The number of likely N-dealkylation sites (tertiary alicyclic amines) is 2. The van der Waals surface area contributed by atoms with Crippen molar-refractivity contribution >= 4 is 0 Å². The van der Waals surface area contributed by atoms with E-state index in [0.717, 1.165) is 12.0 Å². The molecule has 2 heteroatoms. The number of hydrogen-bond donors (Lipinski definition) is 0. The Balaban J connectivity index is 1.70. The van der Waals surface area contributed by atoms with Crippen molar-refractivity contribution in [1.29, 1.82) is 0 Å². The van der Waals surface area contributed by atoms with E-state index >= 15 is 0 Å². The Morgan fingerprint density at radius 2 is 1.81 bits per heavy atom. The summed E-state index contributed by atoms with van der Waals surface area (Å²) in [6, 6.07) is 0.882. The Labute approximate surface area is 101 Å². The van der Waals surface area contributed by atoms with Crippen LogP contribution in [0.2, 0.25) is 0 Å². The lowest BCUT2D eigenvalue weighted by molar-refractivity contribution is 0.161. The van der Waals surface area contributed by atoms with Gasteiger partial charge in [-0.2, -0.15) is 0 Å². The summed E-state index contributed by atoms with van der Waals surface area (Å²) in [7, 11) is 0. The summed E-state index contributed by atoms with van der Waals surface area (Å²) in [6.45, 7) is 11.4. The first-order valence-corrected chi connectivity index (χ1v) is 7.22. The van der Waals surface area contributed by atoms with Crippen molar-refractivity contribution in [3.63, 3.8) is 0 Å². The van der Waals surface area contributed by atoms with Crippen molar-refractivity contribution in [2.75, 3.05) is 32.7 Å². The molecule has 2 fully saturated rings. The van der Waals surface area contributed by atoms with Crippen LogP contribution < -0.4 is 0 Å². The fourth-order valence-corrected chi connectivity index (χ4v) is 3.04. The zero-order valence-corrected chi connectivity index (χ0v) is 11.1. The third-order valence-corrected chi connectivity index (χ3v) is 4.18.